The van der Waals surface area contributed by atoms with Crippen molar-refractivity contribution in [3.05, 3.63) is 52.6 Å². The van der Waals surface area contributed by atoms with Gasteiger partial charge in [-0.1, -0.05) is 12.1 Å². The molecule has 8 rings (SSSR count). The molecule has 3 heterocycles. The molecule has 0 aromatic heterocycles. The first kappa shape index (κ1) is 21.9. The second kappa shape index (κ2) is 7.05. The normalized spacial score (nSPS) is 35.3. The summed E-state index contributed by atoms with van der Waals surface area (Å²) in [4.78, 5) is 31.2. The lowest BCUT2D eigenvalue weighted by molar-refractivity contribution is -0.196. The van der Waals surface area contributed by atoms with E-state index in [-0.39, 0.29) is 29.2 Å². The molecule has 3 aliphatic heterocycles. The molecule has 2 N–H and O–H groups in total. The molecule has 3 fully saturated rings. The smallest absolute Gasteiger partial charge is 0.265 e. The van der Waals surface area contributed by atoms with Gasteiger partial charge in [-0.05, 0) is 74.8 Å². The van der Waals surface area contributed by atoms with Gasteiger partial charge in [-0.2, -0.15) is 0 Å². The van der Waals surface area contributed by atoms with Crippen LogP contribution >= 0.6 is 0 Å². The molecule has 1 spiro atoms. The predicted molar refractivity (Wildman–Crippen MR) is 132 cm³/mol. The molecule has 0 radical (unpaired) electrons. The molecule has 2 aromatic carbocycles. The number of rotatable bonds is 4. The minimum atomic E-state index is -1.07. The van der Waals surface area contributed by atoms with Crippen molar-refractivity contribution in [3.63, 3.8) is 0 Å². The topological polar surface area (TPSA) is 99.5 Å². The number of ether oxygens (including phenoxy) is 2. The number of aliphatic hydroxyl groups is 1. The van der Waals surface area contributed by atoms with Crippen molar-refractivity contribution in [2.24, 2.45) is 5.92 Å². The maximum Gasteiger partial charge on any atom is 0.265 e. The highest BCUT2D eigenvalue weighted by molar-refractivity contribution is 6.23. The maximum atomic E-state index is 13.8. The molecule has 1 saturated heterocycles. The molecule has 37 heavy (non-hydrogen) atoms. The van der Waals surface area contributed by atoms with Crippen molar-refractivity contribution in [2.45, 2.75) is 67.7 Å². The van der Waals surface area contributed by atoms with E-state index in [4.69, 9.17) is 9.47 Å². The molecule has 6 aliphatic rings. The maximum absolute atomic E-state index is 13.8. The fourth-order valence-electron chi connectivity index (χ4n) is 8.46. The van der Waals surface area contributed by atoms with E-state index in [9.17, 15) is 19.8 Å². The van der Waals surface area contributed by atoms with E-state index in [1.807, 2.05) is 6.07 Å². The Kier molecular flexibility index (Phi) is 4.18. The number of aromatic hydroxyl groups is 1. The summed E-state index contributed by atoms with van der Waals surface area (Å²) in [6, 6.07) is 8.10. The summed E-state index contributed by atoms with van der Waals surface area (Å²) in [6.07, 6.45) is 4.13. The highest BCUT2D eigenvalue weighted by atomic mass is 16.5. The third-order valence-corrected chi connectivity index (χ3v) is 10.2. The van der Waals surface area contributed by atoms with Gasteiger partial charge in [0.25, 0.3) is 11.8 Å². The first-order valence-electron chi connectivity index (χ1n) is 13.4. The molecule has 2 saturated carbocycles. The zero-order valence-corrected chi connectivity index (χ0v) is 20.8. The van der Waals surface area contributed by atoms with Crippen LogP contribution in [-0.4, -0.2) is 75.8 Å². The molecular formula is C29H30N2O6. The summed E-state index contributed by atoms with van der Waals surface area (Å²) < 4.78 is 12.0. The largest absolute Gasteiger partial charge is 0.504 e. The molecular weight excluding hydrogens is 472 g/mol. The number of amides is 2. The summed E-state index contributed by atoms with van der Waals surface area (Å²) in [7, 11) is 1.49. The van der Waals surface area contributed by atoms with Gasteiger partial charge in [-0.25, -0.2) is 0 Å². The van der Waals surface area contributed by atoms with E-state index in [1.165, 1.54) is 24.9 Å². The number of imide groups is 1. The van der Waals surface area contributed by atoms with E-state index in [0.29, 0.717) is 48.7 Å². The van der Waals surface area contributed by atoms with Gasteiger partial charge in [0.1, 0.15) is 11.9 Å². The van der Waals surface area contributed by atoms with Gasteiger partial charge in [0, 0.05) is 18.2 Å². The minimum Gasteiger partial charge on any atom is -0.504 e. The van der Waals surface area contributed by atoms with Gasteiger partial charge in [-0.15, -0.1) is 0 Å². The Bertz CT molecular complexity index is 1390. The Balaban J connectivity index is 1.27. The summed E-state index contributed by atoms with van der Waals surface area (Å²) in [6.45, 7) is 1.82. The molecule has 8 nitrogen and oxygen atoms in total. The van der Waals surface area contributed by atoms with Gasteiger partial charge in [0.2, 0.25) is 0 Å². The number of fused-ring (bicyclic) bond motifs is 1. The van der Waals surface area contributed by atoms with Crippen LogP contribution in [0.25, 0.3) is 0 Å². The number of carbonyl (C=O) groups excluding carboxylic acids is 2. The monoisotopic (exact) mass is 502 g/mol. The standard InChI is InChI=1S/C29H30N2O6/c1-36-20-4-2-3-17-22(20)27(34)31(26(17)33)18-9-10-29(35)21-13-16-7-8-19(32)24-23(16)28(29,25(18)37-24)11-12-30(21)14-15-5-6-15/h2-4,7-8,15,18,21,25,32,35H,5-6,9-14H2,1H3/t18-,21-,25+,28+,29?/m1/s1. The van der Waals surface area contributed by atoms with Crippen molar-refractivity contribution in [3.8, 4) is 17.2 Å². The molecule has 3 aliphatic carbocycles. The second-order valence-electron chi connectivity index (χ2n) is 11.8. The van der Waals surface area contributed by atoms with E-state index in [2.05, 4.69) is 4.90 Å². The second-order valence-corrected chi connectivity index (χ2v) is 11.8. The Labute approximate surface area is 214 Å². The predicted octanol–water partition coefficient (Wildman–Crippen LogP) is 2.63. The molecule has 192 valence electrons. The van der Waals surface area contributed by atoms with Crippen LogP contribution in [0, 0.1) is 5.92 Å². The number of hydrogen-bond donors (Lipinski definition) is 2. The Hall–Kier alpha value is -3.10. The summed E-state index contributed by atoms with van der Waals surface area (Å²) in [5, 5.41) is 23.5. The van der Waals surface area contributed by atoms with Gasteiger partial charge in [0.15, 0.2) is 11.5 Å². The number of phenols is 1. The first-order chi connectivity index (χ1) is 17.9. The number of piperidine rings is 1. The van der Waals surface area contributed by atoms with Crippen molar-refractivity contribution >= 4 is 11.8 Å². The SMILES string of the molecule is COc1cccc2c1C(=O)N([C@@H]1CCC3(O)[C@H]4Cc5ccc(O)c6c5[C@@]3(CCN4CC3CC3)[C@H]1O6)C2=O. The molecule has 2 bridgehead atoms. The first-order valence-corrected chi connectivity index (χ1v) is 13.4. The number of likely N-dealkylation sites (tertiary alicyclic amines) is 1. The summed E-state index contributed by atoms with van der Waals surface area (Å²) in [5.41, 5.74) is 0.748. The zero-order chi connectivity index (χ0) is 25.3. The lowest BCUT2D eigenvalue weighted by Gasteiger charge is -2.64. The Morgan fingerprint density at radius 3 is 2.73 bits per heavy atom. The van der Waals surface area contributed by atoms with Crippen LogP contribution < -0.4 is 9.47 Å². The van der Waals surface area contributed by atoms with Gasteiger partial charge < -0.3 is 19.7 Å². The van der Waals surface area contributed by atoms with E-state index >= 15 is 0 Å². The number of carbonyl (C=O) groups is 2. The lowest BCUT2D eigenvalue weighted by Crippen LogP contribution is -2.78. The summed E-state index contributed by atoms with van der Waals surface area (Å²) >= 11 is 0. The Morgan fingerprint density at radius 2 is 1.95 bits per heavy atom. The van der Waals surface area contributed by atoms with Gasteiger partial charge >= 0.3 is 0 Å². The van der Waals surface area contributed by atoms with E-state index in [0.717, 1.165) is 24.2 Å². The zero-order valence-electron chi connectivity index (χ0n) is 20.8. The summed E-state index contributed by atoms with van der Waals surface area (Å²) in [5.74, 6) is 0.808. The number of nitrogens with zero attached hydrogens (tertiary/aromatic N) is 2. The third kappa shape index (κ3) is 2.51. The highest BCUT2D eigenvalue weighted by Crippen LogP contribution is 2.66. The van der Waals surface area contributed by atoms with Gasteiger partial charge in [-0.3, -0.25) is 19.4 Å². The van der Waals surface area contributed by atoms with Crippen molar-refractivity contribution in [1.29, 1.82) is 0 Å². The van der Waals surface area contributed by atoms with Crippen LogP contribution in [0.4, 0.5) is 0 Å². The van der Waals surface area contributed by atoms with Crippen LogP contribution in [0.15, 0.2) is 30.3 Å². The van der Waals surface area contributed by atoms with Gasteiger partial charge in [0.05, 0.1) is 35.3 Å². The molecule has 5 atom stereocenters. The van der Waals surface area contributed by atoms with E-state index < -0.39 is 23.2 Å². The number of phenolic OH excluding ortho intramolecular Hbond substituents is 1. The number of benzene rings is 2. The average Bonchev–Trinajstić information content (AvgIpc) is 3.58. The number of hydrogen-bond acceptors (Lipinski definition) is 7. The molecule has 1 unspecified atom stereocenters. The fourth-order valence-corrected chi connectivity index (χ4v) is 8.46. The Morgan fingerprint density at radius 1 is 1.11 bits per heavy atom. The average molecular weight is 503 g/mol. The number of methoxy groups -OCH3 is 1. The highest BCUT2D eigenvalue weighted by Gasteiger charge is 2.74. The van der Waals surface area contributed by atoms with E-state index in [1.54, 1.807) is 24.3 Å². The fraction of sp³-hybridized carbons (Fsp3) is 0.517. The quantitative estimate of drug-likeness (QED) is 0.620. The van der Waals surface area contributed by atoms with Crippen molar-refractivity contribution < 1.29 is 29.3 Å². The van der Waals surface area contributed by atoms with Crippen molar-refractivity contribution in [2.75, 3.05) is 20.2 Å². The third-order valence-electron chi connectivity index (χ3n) is 10.2. The lowest BCUT2D eigenvalue weighted by atomic mass is 9.48. The van der Waals surface area contributed by atoms with Crippen LogP contribution in [0.2, 0.25) is 0 Å². The van der Waals surface area contributed by atoms with Crippen LogP contribution in [0.1, 0.15) is 63.9 Å². The molecule has 2 aromatic rings. The van der Waals surface area contributed by atoms with Crippen LogP contribution in [0.5, 0.6) is 17.2 Å². The molecule has 2 amide bonds. The molecule has 8 heteroatoms. The van der Waals surface area contributed by atoms with Crippen molar-refractivity contribution in [1.82, 2.24) is 9.80 Å². The minimum absolute atomic E-state index is 0.0477. The van der Waals surface area contributed by atoms with Crippen LogP contribution in [-0.2, 0) is 11.8 Å². The van der Waals surface area contributed by atoms with Crippen LogP contribution in [0.3, 0.4) is 0 Å².